The van der Waals surface area contributed by atoms with Crippen LogP contribution in [-0.4, -0.2) is 32.2 Å². The number of sulfone groups is 1. The fourth-order valence-corrected chi connectivity index (χ4v) is 4.82. The third-order valence-corrected chi connectivity index (χ3v) is 6.29. The minimum atomic E-state index is -3.20. The van der Waals surface area contributed by atoms with Crippen LogP contribution in [0.5, 0.6) is 0 Å². The molecule has 6 nitrogen and oxygen atoms in total. The Morgan fingerprint density at radius 1 is 1.28 bits per heavy atom. The van der Waals surface area contributed by atoms with Gasteiger partial charge in [0, 0.05) is 30.3 Å². The number of hydrogen-bond donors (Lipinski definition) is 2. The zero-order valence-electron chi connectivity index (χ0n) is 17.7. The van der Waals surface area contributed by atoms with E-state index in [1.165, 1.54) is 11.1 Å². The average molecular weight is 551 g/mol. The molecule has 0 radical (unpaired) electrons. The number of thiazole rings is 1. The molecule has 0 fully saturated rings. The standard InChI is InChI=1S/C20H30N4O2S2.HI/c1-6-21-20(24-13-17-12-22-19(27-17)9-14(2)3)23-11-16-7-8-18(15(4)10-16)28(5,25)26;/h7-8,10,12,14H,6,9,11,13H2,1-5H3,(H2,21,23,24);1H. The van der Waals surface area contributed by atoms with Gasteiger partial charge in [-0.3, -0.25) is 0 Å². The largest absolute Gasteiger partial charge is 0.357 e. The van der Waals surface area contributed by atoms with Gasteiger partial charge in [0.1, 0.15) is 0 Å². The van der Waals surface area contributed by atoms with E-state index < -0.39 is 9.84 Å². The van der Waals surface area contributed by atoms with Gasteiger partial charge in [-0.05, 0) is 37.0 Å². The Kier molecular flexibility index (Phi) is 10.6. The van der Waals surface area contributed by atoms with Gasteiger partial charge in [0.15, 0.2) is 15.8 Å². The number of aryl methyl sites for hydroxylation is 1. The molecule has 29 heavy (non-hydrogen) atoms. The van der Waals surface area contributed by atoms with Crippen LogP contribution in [-0.2, 0) is 29.3 Å². The molecule has 0 bridgehead atoms. The lowest BCUT2D eigenvalue weighted by Gasteiger charge is -2.11. The predicted molar refractivity (Wildman–Crippen MR) is 132 cm³/mol. The lowest BCUT2D eigenvalue weighted by atomic mass is 10.1. The summed E-state index contributed by atoms with van der Waals surface area (Å²) in [6.07, 6.45) is 4.15. The fourth-order valence-electron chi connectivity index (χ4n) is 2.78. The number of nitrogens with zero attached hydrogens (tertiary/aromatic N) is 2. The highest BCUT2D eigenvalue weighted by Gasteiger charge is 2.11. The Morgan fingerprint density at radius 2 is 2.00 bits per heavy atom. The number of aromatic nitrogens is 1. The Labute approximate surface area is 195 Å². The second-order valence-electron chi connectivity index (χ2n) is 7.24. The molecule has 0 aliphatic carbocycles. The van der Waals surface area contributed by atoms with Crippen LogP contribution in [0, 0.1) is 12.8 Å². The summed E-state index contributed by atoms with van der Waals surface area (Å²) < 4.78 is 23.5. The van der Waals surface area contributed by atoms with Gasteiger partial charge in [0.2, 0.25) is 0 Å². The van der Waals surface area contributed by atoms with Crippen molar-refractivity contribution in [1.82, 2.24) is 15.6 Å². The first kappa shape index (κ1) is 25.8. The molecule has 0 atom stereocenters. The van der Waals surface area contributed by atoms with Crippen molar-refractivity contribution >= 4 is 51.1 Å². The van der Waals surface area contributed by atoms with E-state index in [-0.39, 0.29) is 24.0 Å². The van der Waals surface area contributed by atoms with E-state index in [1.807, 2.05) is 32.2 Å². The van der Waals surface area contributed by atoms with Crippen LogP contribution in [0.1, 0.15) is 41.8 Å². The number of benzene rings is 1. The molecule has 0 unspecified atom stereocenters. The molecule has 9 heteroatoms. The van der Waals surface area contributed by atoms with Gasteiger partial charge in [0.05, 0.1) is 23.0 Å². The number of aliphatic imine (C=N–C) groups is 1. The third kappa shape index (κ3) is 8.59. The summed E-state index contributed by atoms with van der Waals surface area (Å²) in [4.78, 5) is 10.6. The van der Waals surface area contributed by atoms with Crippen molar-refractivity contribution in [3.8, 4) is 0 Å². The monoisotopic (exact) mass is 550 g/mol. The molecular formula is C20H31IN4O2S2. The normalized spacial score (nSPS) is 12.0. The maximum absolute atomic E-state index is 11.7. The molecule has 0 spiro atoms. The van der Waals surface area contributed by atoms with Crippen LogP contribution < -0.4 is 10.6 Å². The highest BCUT2D eigenvalue weighted by molar-refractivity contribution is 14.0. The van der Waals surface area contributed by atoms with Gasteiger partial charge in [-0.25, -0.2) is 18.4 Å². The smallest absolute Gasteiger partial charge is 0.191 e. The molecule has 2 aromatic rings. The van der Waals surface area contributed by atoms with Gasteiger partial charge in [0.25, 0.3) is 0 Å². The molecule has 1 aromatic carbocycles. The van der Waals surface area contributed by atoms with Crippen molar-refractivity contribution in [3.63, 3.8) is 0 Å². The van der Waals surface area contributed by atoms with Crippen LogP contribution in [0.15, 0.2) is 34.3 Å². The van der Waals surface area contributed by atoms with E-state index in [0.29, 0.717) is 23.9 Å². The summed E-state index contributed by atoms with van der Waals surface area (Å²) in [6, 6.07) is 5.35. The van der Waals surface area contributed by atoms with E-state index in [2.05, 4.69) is 34.5 Å². The Balaban J connectivity index is 0.00000420. The molecule has 0 saturated heterocycles. The first-order valence-corrected chi connectivity index (χ1v) is 12.1. The zero-order chi connectivity index (χ0) is 20.7. The lowest BCUT2D eigenvalue weighted by molar-refractivity contribution is 0.601. The summed E-state index contributed by atoms with van der Waals surface area (Å²) in [5.74, 6) is 1.33. The van der Waals surface area contributed by atoms with Gasteiger partial charge in [-0.1, -0.05) is 26.0 Å². The Bertz CT molecular complexity index is 924. The van der Waals surface area contributed by atoms with E-state index in [0.717, 1.165) is 35.1 Å². The SMILES string of the molecule is CCNC(=NCc1ccc(S(C)(=O)=O)c(C)c1)NCc1cnc(CC(C)C)s1.I. The second kappa shape index (κ2) is 11.8. The molecule has 2 rings (SSSR count). The van der Waals surface area contributed by atoms with E-state index in [9.17, 15) is 8.42 Å². The number of halogens is 1. The Morgan fingerprint density at radius 3 is 2.59 bits per heavy atom. The maximum Gasteiger partial charge on any atom is 0.191 e. The molecule has 0 aliphatic heterocycles. The van der Waals surface area contributed by atoms with E-state index in [4.69, 9.17) is 0 Å². The van der Waals surface area contributed by atoms with Crippen molar-refractivity contribution < 1.29 is 8.42 Å². The van der Waals surface area contributed by atoms with Crippen molar-refractivity contribution in [2.75, 3.05) is 12.8 Å². The molecule has 0 amide bonds. The van der Waals surface area contributed by atoms with Gasteiger partial charge in [-0.15, -0.1) is 35.3 Å². The molecule has 0 aliphatic rings. The fraction of sp³-hybridized carbons (Fsp3) is 0.500. The lowest BCUT2D eigenvalue weighted by Crippen LogP contribution is -2.36. The van der Waals surface area contributed by atoms with Crippen molar-refractivity contribution in [3.05, 3.63) is 45.4 Å². The third-order valence-electron chi connectivity index (χ3n) is 4.02. The minimum absolute atomic E-state index is 0. The van der Waals surface area contributed by atoms with Gasteiger partial charge >= 0.3 is 0 Å². The van der Waals surface area contributed by atoms with Gasteiger partial charge in [-0.2, -0.15) is 0 Å². The number of hydrogen-bond acceptors (Lipinski definition) is 5. The topological polar surface area (TPSA) is 83.5 Å². The van der Waals surface area contributed by atoms with Crippen LogP contribution in [0.25, 0.3) is 0 Å². The van der Waals surface area contributed by atoms with Crippen molar-refractivity contribution in [1.29, 1.82) is 0 Å². The highest BCUT2D eigenvalue weighted by atomic mass is 127. The number of nitrogens with one attached hydrogen (secondary N) is 2. The molecule has 1 aromatic heterocycles. The highest BCUT2D eigenvalue weighted by Crippen LogP contribution is 2.18. The Hall–Kier alpha value is -1.20. The van der Waals surface area contributed by atoms with Crippen molar-refractivity contribution in [2.24, 2.45) is 10.9 Å². The molecule has 1 heterocycles. The maximum atomic E-state index is 11.7. The van der Waals surface area contributed by atoms with Crippen molar-refractivity contribution in [2.45, 2.75) is 52.1 Å². The van der Waals surface area contributed by atoms with Crippen LogP contribution in [0.4, 0.5) is 0 Å². The molecule has 0 saturated carbocycles. The summed E-state index contributed by atoms with van der Waals surface area (Å²) in [7, 11) is -3.20. The number of guanidine groups is 1. The molecule has 162 valence electrons. The zero-order valence-corrected chi connectivity index (χ0v) is 21.6. The van der Waals surface area contributed by atoms with E-state index >= 15 is 0 Å². The second-order valence-corrected chi connectivity index (χ2v) is 10.4. The molecular weight excluding hydrogens is 519 g/mol. The van der Waals surface area contributed by atoms with Crippen LogP contribution in [0.3, 0.4) is 0 Å². The first-order valence-electron chi connectivity index (χ1n) is 9.44. The summed E-state index contributed by atoms with van der Waals surface area (Å²) >= 11 is 1.73. The summed E-state index contributed by atoms with van der Waals surface area (Å²) in [6.45, 7) is 10.1. The predicted octanol–water partition coefficient (Wildman–Crippen LogP) is 3.93. The summed E-state index contributed by atoms with van der Waals surface area (Å²) in [5.41, 5.74) is 1.72. The molecule has 2 N–H and O–H groups in total. The number of rotatable bonds is 8. The van der Waals surface area contributed by atoms with E-state index in [1.54, 1.807) is 17.4 Å². The van der Waals surface area contributed by atoms with Crippen LogP contribution >= 0.6 is 35.3 Å². The summed E-state index contributed by atoms with van der Waals surface area (Å²) in [5, 5.41) is 7.74. The van der Waals surface area contributed by atoms with Gasteiger partial charge < -0.3 is 10.6 Å². The minimum Gasteiger partial charge on any atom is -0.357 e. The quantitative estimate of drug-likeness (QED) is 0.296. The first-order chi connectivity index (χ1) is 13.2. The average Bonchev–Trinajstić information content (AvgIpc) is 3.03. The van der Waals surface area contributed by atoms with Crippen LogP contribution in [0.2, 0.25) is 0 Å².